The molecule has 0 aliphatic carbocycles. The summed E-state index contributed by atoms with van der Waals surface area (Å²) in [5.41, 5.74) is 8.93. The lowest BCUT2D eigenvalue weighted by Gasteiger charge is -2.05. The molecule has 98 valence electrons. The zero-order valence-corrected chi connectivity index (χ0v) is 11.3. The van der Waals surface area contributed by atoms with Gasteiger partial charge in [-0.3, -0.25) is 0 Å². The first-order valence-corrected chi connectivity index (χ1v) is 6.33. The number of hydrogen-bond acceptors (Lipinski definition) is 2. The molecule has 0 spiro atoms. The average molecular weight is 254 g/mol. The molecular weight excluding hydrogens is 236 g/mol. The molecule has 3 heteroatoms. The van der Waals surface area contributed by atoms with Crippen molar-refractivity contribution in [1.29, 1.82) is 0 Å². The fraction of sp³-hybridized carbons (Fsp3) is 0.188. The van der Waals surface area contributed by atoms with Crippen molar-refractivity contribution in [1.82, 2.24) is 0 Å². The van der Waals surface area contributed by atoms with E-state index < -0.39 is 0 Å². The number of aryl methyl sites for hydroxylation is 1. The number of nitrogens with zero attached hydrogens (tertiary/aromatic N) is 1. The minimum absolute atomic E-state index is 0.508. The Morgan fingerprint density at radius 2 is 1.89 bits per heavy atom. The third-order valence-corrected chi connectivity index (χ3v) is 2.73. The van der Waals surface area contributed by atoms with Gasteiger partial charge < -0.3 is 10.5 Å². The fourth-order valence-corrected chi connectivity index (χ4v) is 1.74. The van der Waals surface area contributed by atoms with Gasteiger partial charge in [0.15, 0.2) is 0 Å². The Morgan fingerprint density at radius 3 is 2.58 bits per heavy atom. The van der Waals surface area contributed by atoms with Crippen molar-refractivity contribution in [3.8, 4) is 5.75 Å². The lowest BCUT2D eigenvalue weighted by atomic mass is 10.1. The number of rotatable bonds is 4. The van der Waals surface area contributed by atoms with Gasteiger partial charge in [0.05, 0.1) is 12.3 Å². The van der Waals surface area contributed by atoms with Gasteiger partial charge in [0.1, 0.15) is 11.6 Å². The zero-order valence-electron chi connectivity index (χ0n) is 11.3. The summed E-state index contributed by atoms with van der Waals surface area (Å²) in [6, 6.07) is 15.6. The number of benzene rings is 2. The van der Waals surface area contributed by atoms with Gasteiger partial charge in [-0.2, -0.15) is 0 Å². The van der Waals surface area contributed by atoms with Gasteiger partial charge >= 0.3 is 0 Å². The molecule has 0 aliphatic heterocycles. The molecule has 2 rings (SSSR count). The minimum atomic E-state index is 0.508. The number of amidine groups is 1. The van der Waals surface area contributed by atoms with E-state index in [9.17, 15) is 0 Å². The van der Waals surface area contributed by atoms with Gasteiger partial charge in [0, 0.05) is 11.6 Å². The first-order chi connectivity index (χ1) is 9.19. The van der Waals surface area contributed by atoms with Gasteiger partial charge in [0.25, 0.3) is 0 Å². The molecular formula is C16H18N2O. The Balaban J connectivity index is 2.24. The Labute approximate surface area is 113 Å². The number of nitrogens with two attached hydrogens (primary N) is 1. The van der Waals surface area contributed by atoms with Gasteiger partial charge in [-0.15, -0.1) is 0 Å². The van der Waals surface area contributed by atoms with Gasteiger partial charge in [-0.1, -0.05) is 35.9 Å². The van der Waals surface area contributed by atoms with Crippen LogP contribution in [0, 0.1) is 6.92 Å². The summed E-state index contributed by atoms with van der Waals surface area (Å²) in [6.45, 7) is 4.64. The molecule has 2 aromatic carbocycles. The molecule has 0 fully saturated rings. The average Bonchev–Trinajstić information content (AvgIpc) is 2.40. The van der Waals surface area contributed by atoms with E-state index in [0.717, 1.165) is 17.0 Å². The van der Waals surface area contributed by atoms with Gasteiger partial charge in [-0.05, 0) is 26.0 Å². The van der Waals surface area contributed by atoms with Crippen LogP contribution >= 0.6 is 0 Å². The van der Waals surface area contributed by atoms with Crippen LogP contribution in [0.25, 0.3) is 0 Å². The van der Waals surface area contributed by atoms with E-state index >= 15 is 0 Å². The molecule has 2 aromatic rings. The van der Waals surface area contributed by atoms with Crippen molar-refractivity contribution < 1.29 is 4.74 Å². The first-order valence-electron chi connectivity index (χ1n) is 6.33. The standard InChI is InChI=1S/C16H18N2O/c1-3-19-15-6-4-5-14(11-15)18-16(17)13-9-7-12(2)8-10-13/h4-11H,3H2,1-2H3,(H2,17,18). The van der Waals surface area contributed by atoms with Crippen LogP contribution in [-0.2, 0) is 0 Å². The summed E-state index contributed by atoms with van der Waals surface area (Å²) in [6.07, 6.45) is 0. The highest BCUT2D eigenvalue weighted by Gasteiger charge is 2.00. The van der Waals surface area contributed by atoms with Crippen LogP contribution in [0.1, 0.15) is 18.1 Å². The molecule has 0 amide bonds. The first kappa shape index (κ1) is 13.1. The molecule has 0 bridgehead atoms. The van der Waals surface area contributed by atoms with E-state index in [-0.39, 0.29) is 0 Å². The maximum atomic E-state index is 6.01. The predicted octanol–water partition coefficient (Wildman–Crippen LogP) is 3.43. The van der Waals surface area contributed by atoms with Crippen LogP contribution in [0.3, 0.4) is 0 Å². The summed E-state index contributed by atoms with van der Waals surface area (Å²) in [5, 5.41) is 0. The summed E-state index contributed by atoms with van der Waals surface area (Å²) in [7, 11) is 0. The molecule has 0 radical (unpaired) electrons. The van der Waals surface area contributed by atoms with Crippen LogP contribution < -0.4 is 10.5 Å². The number of aliphatic imine (C=N–C) groups is 1. The second-order valence-electron chi connectivity index (χ2n) is 4.29. The highest BCUT2D eigenvalue weighted by atomic mass is 16.5. The SMILES string of the molecule is CCOc1cccc(N=C(N)c2ccc(C)cc2)c1. The van der Waals surface area contributed by atoms with Crippen molar-refractivity contribution in [2.24, 2.45) is 10.7 Å². The van der Waals surface area contributed by atoms with E-state index in [1.165, 1.54) is 5.56 Å². The molecule has 0 unspecified atom stereocenters. The molecule has 0 atom stereocenters. The maximum absolute atomic E-state index is 6.01. The van der Waals surface area contributed by atoms with Crippen LogP contribution in [0.4, 0.5) is 5.69 Å². The van der Waals surface area contributed by atoms with E-state index in [1.807, 2.05) is 62.4 Å². The highest BCUT2D eigenvalue weighted by molar-refractivity contribution is 5.99. The molecule has 0 saturated heterocycles. The minimum Gasteiger partial charge on any atom is -0.494 e. The highest BCUT2D eigenvalue weighted by Crippen LogP contribution is 2.20. The Morgan fingerprint density at radius 1 is 1.16 bits per heavy atom. The van der Waals surface area contributed by atoms with E-state index in [0.29, 0.717) is 12.4 Å². The maximum Gasteiger partial charge on any atom is 0.131 e. The van der Waals surface area contributed by atoms with Crippen molar-refractivity contribution in [2.75, 3.05) is 6.61 Å². The summed E-state index contributed by atoms with van der Waals surface area (Å²) >= 11 is 0. The van der Waals surface area contributed by atoms with Gasteiger partial charge in [-0.25, -0.2) is 4.99 Å². The van der Waals surface area contributed by atoms with Crippen LogP contribution in [0.15, 0.2) is 53.5 Å². The molecule has 19 heavy (non-hydrogen) atoms. The fourth-order valence-electron chi connectivity index (χ4n) is 1.74. The molecule has 3 nitrogen and oxygen atoms in total. The smallest absolute Gasteiger partial charge is 0.131 e. The largest absolute Gasteiger partial charge is 0.494 e. The Hall–Kier alpha value is -2.29. The van der Waals surface area contributed by atoms with Crippen LogP contribution in [-0.4, -0.2) is 12.4 Å². The lowest BCUT2D eigenvalue weighted by molar-refractivity contribution is 0.340. The lowest BCUT2D eigenvalue weighted by Crippen LogP contribution is -2.12. The third-order valence-electron chi connectivity index (χ3n) is 2.73. The second kappa shape index (κ2) is 6.05. The number of ether oxygens (including phenoxy) is 1. The van der Waals surface area contributed by atoms with Gasteiger partial charge in [0.2, 0.25) is 0 Å². The second-order valence-corrected chi connectivity index (χ2v) is 4.29. The molecule has 0 aromatic heterocycles. The molecule has 0 heterocycles. The number of hydrogen-bond donors (Lipinski definition) is 1. The van der Waals surface area contributed by atoms with Crippen LogP contribution in [0.5, 0.6) is 5.75 Å². The van der Waals surface area contributed by atoms with E-state index in [1.54, 1.807) is 0 Å². The third kappa shape index (κ3) is 3.58. The normalized spacial score (nSPS) is 11.4. The Kier molecular flexibility index (Phi) is 4.18. The van der Waals surface area contributed by atoms with Crippen molar-refractivity contribution >= 4 is 11.5 Å². The summed E-state index contributed by atoms with van der Waals surface area (Å²) in [4.78, 5) is 4.42. The summed E-state index contributed by atoms with van der Waals surface area (Å²) in [5.74, 6) is 1.31. The quantitative estimate of drug-likeness (QED) is 0.671. The van der Waals surface area contributed by atoms with E-state index in [4.69, 9.17) is 10.5 Å². The van der Waals surface area contributed by atoms with E-state index in [2.05, 4.69) is 4.99 Å². The van der Waals surface area contributed by atoms with Crippen LogP contribution in [0.2, 0.25) is 0 Å². The molecule has 2 N–H and O–H groups in total. The topological polar surface area (TPSA) is 47.6 Å². The monoisotopic (exact) mass is 254 g/mol. The molecule has 0 aliphatic rings. The molecule has 0 saturated carbocycles. The zero-order chi connectivity index (χ0) is 13.7. The summed E-state index contributed by atoms with van der Waals surface area (Å²) < 4.78 is 5.44. The Bertz CT molecular complexity index is 574. The van der Waals surface area contributed by atoms with Crippen molar-refractivity contribution in [2.45, 2.75) is 13.8 Å². The predicted molar refractivity (Wildman–Crippen MR) is 79.2 cm³/mol. The van der Waals surface area contributed by atoms with Crippen molar-refractivity contribution in [3.63, 3.8) is 0 Å². The van der Waals surface area contributed by atoms with Crippen molar-refractivity contribution in [3.05, 3.63) is 59.7 Å².